The summed E-state index contributed by atoms with van der Waals surface area (Å²) < 4.78 is 0. The Morgan fingerprint density at radius 2 is 2.00 bits per heavy atom. The zero-order valence-corrected chi connectivity index (χ0v) is 11.3. The number of carboxylic acid groups (broad SMARTS) is 1. The Balaban J connectivity index is 2.26. The number of amides is 2. The standard InChI is InChI=1S/C13H24N2O3/c1-3-10(2)14-13(18)15-8-6-11(7-9-15)4-5-12(16)17/h10-11H,3-9H2,1-2H3,(H,14,18)(H,16,17). The first-order chi connectivity index (χ1) is 8.52. The quantitative estimate of drug-likeness (QED) is 0.791. The molecule has 2 amide bonds. The second-order valence-electron chi connectivity index (χ2n) is 5.12. The maximum atomic E-state index is 11.9. The molecule has 0 aromatic carbocycles. The highest BCUT2D eigenvalue weighted by atomic mass is 16.4. The number of nitrogens with one attached hydrogen (secondary N) is 1. The van der Waals surface area contributed by atoms with E-state index in [0.717, 1.165) is 38.8 Å². The lowest BCUT2D eigenvalue weighted by Gasteiger charge is -2.32. The molecule has 2 N–H and O–H groups in total. The highest BCUT2D eigenvalue weighted by Crippen LogP contribution is 2.21. The van der Waals surface area contributed by atoms with Crippen LogP contribution >= 0.6 is 0 Å². The zero-order chi connectivity index (χ0) is 13.5. The van der Waals surface area contributed by atoms with Crippen LogP contribution in [0.4, 0.5) is 4.79 Å². The van der Waals surface area contributed by atoms with Gasteiger partial charge < -0.3 is 15.3 Å². The largest absolute Gasteiger partial charge is 0.481 e. The third kappa shape index (κ3) is 4.94. The fourth-order valence-corrected chi connectivity index (χ4v) is 2.16. The van der Waals surface area contributed by atoms with Crippen molar-refractivity contribution in [1.29, 1.82) is 0 Å². The molecule has 1 unspecified atom stereocenters. The number of hydrogen-bond acceptors (Lipinski definition) is 2. The number of rotatable bonds is 5. The molecule has 1 aliphatic rings. The normalized spacial score (nSPS) is 18.4. The Morgan fingerprint density at radius 3 is 2.50 bits per heavy atom. The Labute approximate surface area is 109 Å². The maximum absolute atomic E-state index is 11.9. The Hall–Kier alpha value is -1.26. The average Bonchev–Trinajstić information content (AvgIpc) is 2.36. The molecule has 5 nitrogen and oxygen atoms in total. The minimum atomic E-state index is -0.730. The first-order valence-corrected chi connectivity index (χ1v) is 6.80. The Morgan fingerprint density at radius 1 is 1.39 bits per heavy atom. The van der Waals surface area contributed by atoms with E-state index >= 15 is 0 Å². The van der Waals surface area contributed by atoms with E-state index in [1.807, 2.05) is 18.7 Å². The topological polar surface area (TPSA) is 69.6 Å². The van der Waals surface area contributed by atoms with Crippen molar-refractivity contribution in [2.75, 3.05) is 13.1 Å². The molecular weight excluding hydrogens is 232 g/mol. The van der Waals surface area contributed by atoms with Crippen molar-refractivity contribution >= 4 is 12.0 Å². The predicted octanol–water partition coefficient (Wildman–Crippen LogP) is 2.07. The molecule has 1 saturated heterocycles. The maximum Gasteiger partial charge on any atom is 0.317 e. The number of hydrogen-bond donors (Lipinski definition) is 2. The van der Waals surface area contributed by atoms with E-state index in [-0.39, 0.29) is 18.5 Å². The van der Waals surface area contributed by atoms with Gasteiger partial charge in [-0.15, -0.1) is 0 Å². The van der Waals surface area contributed by atoms with E-state index in [1.165, 1.54) is 0 Å². The van der Waals surface area contributed by atoms with Crippen molar-refractivity contribution in [3.05, 3.63) is 0 Å². The molecule has 104 valence electrons. The minimum absolute atomic E-state index is 0.0148. The highest BCUT2D eigenvalue weighted by Gasteiger charge is 2.23. The summed E-state index contributed by atoms with van der Waals surface area (Å²) in [6, 6.07) is 0.225. The third-order valence-electron chi connectivity index (χ3n) is 3.65. The van der Waals surface area contributed by atoms with Gasteiger partial charge in [-0.3, -0.25) is 4.79 Å². The SMILES string of the molecule is CCC(C)NC(=O)N1CCC(CCC(=O)O)CC1. The van der Waals surface area contributed by atoms with Crippen LogP contribution in [0, 0.1) is 5.92 Å². The molecule has 0 aromatic heterocycles. The van der Waals surface area contributed by atoms with E-state index in [0.29, 0.717) is 5.92 Å². The molecule has 1 heterocycles. The Bertz CT molecular complexity index is 286. The number of piperidine rings is 1. The molecule has 0 aliphatic carbocycles. The van der Waals surface area contributed by atoms with Gasteiger partial charge in [0, 0.05) is 25.6 Å². The molecule has 1 atom stereocenters. The lowest BCUT2D eigenvalue weighted by atomic mass is 9.92. The van der Waals surface area contributed by atoms with Crippen LogP contribution in [0.2, 0.25) is 0 Å². The number of likely N-dealkylation sites (tertiary alicyclic amines) is 1. The number of aliphatic carboxylic acids is 1. The molecule has 18 heavy (non-hydrogen) atoms. The summed E-state index contributed by atoms with van der Waals surface area (Å²) in [5.41, 5.74) is 0. The van der Waals surface area contributed by atoms with Gasteiger partial charge in [-0.05, 0) is 38.5 Å². The van der Waals surface area contributed by atoms with Gasteiger partial charge in [0.25, 0.3) is 0 Å². The van der Waals surface area contributed by atoms with Gasteiger partial charge in [-0.2, -0.15) is 0 Å². The number of carbonyl (C=O) groups is 2. The van der Waals surface area contributed by atoms with Crippen molar-refractivity contribution in [2.45, 2.75) is 52.0 Å². The van der Waals surface area contributed by atoms with Gasteiger partial charge in [0.15, 0.2) is 0 Å². The summed E-state index contributed by atoms with van der Waals surface area (Å²) in [5.74, 6) is -0.277. The molecule has 0 saturated carbocycles. The summed E-state index contributed by atoms with van der Waals surface area (Å²) in [5, 5.41) is 11.6. The molecule has 0 spiro atoms. The fourth-order valence-electron chi connectivity index (χ4n) is 2.16. The van der Waals surface area contributed by atoms with Crippen molar-refractivity contribution in [3.63, 3.8) is 0 Å². The third-order valence-corrected chi connectivity index (χ3v) is 3.65. The lowest BCUT2D eigenvalue weighted by molar-refractivity contribution is -0.137. The molecule has 0 radical (unpaired) electrons. The van der Waals surface area contributed by atoms with Gasteiger partial charge in [0.05, 0.1) is 0 Å². The molecular formula is C13H24N2O3. The predicted molar refractivity (Wildman–Crippen MR) is 69.5 cm³/mol. The number of nitrogens with zero attached hydrogens (tertiary/aromatic N) is 1. The smallest absolute Gasteiger partial charge is 0.317 e. The second kappa shape index (κ2) is 7.24. The lowest BCUT2D eigenvalue weighted by Crippen LogP contribution is -2.47. The van der Waals surface area contributed by atoms with Crippen molar-refractivity contribution < 1.29 is 14.7 Å². The number of urea groups is 1. The monoisotopic (exact) mass is 256 g/mol. The van der Waals surface area contributed by atoms with Gasteiger partial charge >= 0.3 is 12.0 Å². The fraction of sp³-hybridized carbons (Fsp3) is 0.846. The van der Waals surface area contributed by atoms with E-state index in [1.54, 1.807) is 0 Å². The molecule has 1 fully saturated rings. The average molecular weight is 256 g/mol. The van der Waals surface area contributed by atoms with Gasteiger partial charge in [0.1, 0.15) is 0 Å². The molecule has 5 heteroatoms. The van der Waals surface area contributed by atoms with E-state index in [2.05, 4.69) is 5.32 Å². The number of carboxylic acids is 1. The van der Waals surface area contributed by atoms with E-state index in [4.69, 9.17) is 5.11 Å². The van der Waals surface area contributed by atoms with Crippen molar-refractivity contribution in [2.24, 2.45) is 5.92 Å². The Kier molecular flexibility index (Phi) is 5.95. The molecule has 0 bridgehead atoms. The minimum Gasteiger partial charge on any atom is -0.481 e. The first kappa shape index (κ1) is 14.8. The summed E-state index contributed by atoms with van der Waals surface area (Å²) in [7, 11) is 0. The van der Waals surface area contributed by atoms with Crippen LogP contribution in [0.25, 0.3) is 0 Å². The van der Waals surface area contributed by atoms with Crippen LogP contribution in [-0.2, 0) is 4.79 Å². The van der Waals surface area contributed by atoms with Crippen molar-refractivity contribution in [3.8, 4) is 0 Å². The summed E-state index contributed by atoms with van der Waals surface area (Å²) >= 11 is 0. The van der Waals surface area contributed by atoms with Crippen LogP contribution in [0.1, 0.15) is 46.0 Å². The highest BCUT2D eigenvalue weighted by molar-refractivity contribution is 5.74. The molecule has 1 aliphatic heterocycles. The van der Waals surface area contributed by atoms with Crippen molar-refractivity contribution in [1.82, 2.24) is 10.2 Å². The second-order valence-corrected chi connectivity index (χ2v) is 5.12. The summed E-state index contributed by atoms with van der Waals surface area (Å²) in [6.45, 7) is 5.53. The first-order valence-electron chi connectivity index (χ1n) is 6.80. The van der Waals surface area contributed by atoms with Crippen LogP contribution in [-0.4, -0.2) is 41.1 Å². The summed E-state index contributed by atoms with van der Waals surface area (Å²) in [6.07, 6.45) is 3.74. The number of carbonyl (C=O) groups excluding carboxylic acids is 1. The van der Waals surface area contributed by atoms with Crippen LogP contribution in [0.3, 0.4) is 0 Å². The van der Waals surface area contributed by atoms with Crippen LogP contribution in [0.5, 0.6) is 0 Å². The summed E-state index contributed by atoms with van der Waals surface area (Å²) in [4.78, 5) is 24.2. The molecule has 0 aromatic rings. The van der Waals surface area contributed by atoms with Gasteiger partial charge in [0.2, 0.25) is 0 Å². The molecule has 1 rings (SSSR count). The van der Waals surface area contributed by atoms with Crippen LogP contribution < -0.4 is 5.32 Å². The van der Waals surface area contributed by atoms with E-state index in [9.17, 15) is 9.59 Å². The van der Waals surface area contributed by atoms with E-state index < -0.39 is 5.97 Å². The zero-order valence-electron chi connectivity index (χ0n) is 11.3. The van der Waals surface area contributed by atoms with Gasteiger partial charge in [-0.1, -0.05) is 6.92 Å². The van der Waals surface area contributed by atoms with Gasteiger partial charge in [-0.25, -0.2) is 4.79 Å². The van der Waals surface area contributed by atoms with Crippen LogP contribution in [0.15, 0.2) is 0 Å².